The highest BCUT2D eigenvalue weighted by Gasteiger charge is 2.42. The van der Waals surface area contributed by atoms with Crippen LogP contribution in [0.25, 0.3) is 5.69 Å². The summed E-state index contributed by atoms with van der Waals surface area (Å²) >= 11 is 6.22. The van der Waals surface area contributed by atoms with E-state index in [9.17, 15) is 22.4 Å². The van der Waals surface area contributed by atoms with Crippen molar-refractivity contribution in [2.45, 2.75) is 12.2 Å². The number of alkyl halides is 3. The van der Waals surface area contributed by atoms with E-state index in [0.29, 0.717) is 15.3 Å². The number of halogens is 5. The molecule has 0 spiro atoms. The van der Waals surface area contributed by atoms with Crippen LogP contribution in [0.4, 0.5) is 17.6 Å². The minimum Gasteiger partial charge on any atom is -0.349 e. The number of carbonyl (C=O) groups is 1. The van der Waals surface area contributed by atoms with Crippen LogP contribution in [-0.2, 0) is 6.18 Å². The molecule has 3 aromatic rings. The van der Waals surface area contributed by atoms with Gasteiger partial charge in [-0.2, -0.15) is 13.2 Å². The summed E-state index contributed by atoms with van der Waals surface area (Å²) in [6.45, 7) is -0.0176. The summed E-state index contributed by atoms with van der Waals surface area (Å²) in [5.41, 5.74) is -1.60. The highest BCUT2D eigenvalue weighted by molar-refractivity contribution is 6.31. The van der Waals surface area contributed by atoms with Crippen molar-refractivity contribution in [1.29, 1.82) is 0 Å². The SMILES string of the molecule is CN(C)C(CNC(=O)c1nnn(-c2ccc(F)cc2)c1C(F)(F)F)c1ccccc1Cl. The van der Waals surface area contributed by atoms with E-state index in [4.69, 9.17) is 11.6 Å². The molecule has 0 radical (unpaired) electrons. The lowest BCUT2D eigenvalue weighted by atomic mass is 10.1. The van der Waals surface area contributed by atoms with Crippen molar-refractivity contribution >= 4 is 17.5 Å². The number of rotatable bonds is 6. The average molecular weight is 456 g/mol. The predicted molar refractivity (Wildman–Crippen MR) is 107 cm³/mol. The maximum atomic E-state index is 13.7. The molecular formula is C20H18ClF4N5O. The van der Waals surface area contributed by atoms with E-state index < -0.39 is 29.3 Å². The number of carbonyl (C=O) groups excluding carboxylic acids is 1. The molecule has 1 atom stereocenters. The zero-order chi connectivity index (χ0) is 22.8. The van der Waals surface area contributed by atoms with Crippen molar-refractivity contribution in [3.05, 3.63) is 76.3 Å². The third-order valence-electron chi connectivity index (χ3n) is 4.57. The van der Waals surface area contributed by atoms with Gasteiger partial charge in [0.25, 0.3) is 5.91 Å². The molecule has 0 aliphatic heterocycles. The van der Waals surface area contributed by atoms with Crippen molar-refractivity contribution in [3.8, 4) is 5.69 Å². The van der Waals surface area contributed by atoms with Gasteiger partial charge in [0, 0.05) is 11.6 Å². The minimum absolute atomic E-state index is 0.0176. The van der Waals surface area contributed by atoms with Crippen LogP contribution in [0.5, 0.6) is 0 Å². The normalized spacial score (nSPS) is 12.8. The number of nitrogens with zero attached hydrogens (tertiary/aromatic N) is 4. The van der Waals surface area contributed by atoms with Gasteiger partial charge in [0.2, 0.25) is 0 Å². The zero-order valence-corrected chi connectivity index (χ0v) is 17.2. The molecule has 31 heavy (non-hydrogen) atoms. The molecule has 11 heteroatoms. The highest BCUT2D eigenvalue weighted by atomic mass is 35.5. The molecular weight excluding hydrogens is 438 g/mol. The molecule has 1 unspecified atom stereocenters. The van der Waals surface area contributed by atoms with Gasteiger partial charge in [-0.15, -0.1) is 5.10 Å². The van der Waals surface area contributed by atoms with Crippen molar-refractivity contribution in [2.75, 3.05) is 20.6 Å². The van der Waals surface area contributed by atoms with Gasteiger partial charge >= 0.3 is 6.18 Å². The van der Waals surface area contributed by atoms with Gasteiger partial charge < -0.3 is 10.2 Å². The molecule has 0 saturated carbocycles. The van der Waals surface area contributed by atoms with Gasteiger partial charge in [-0.1, -0.05) is 35.0 Å². The van der Waals surface area contributed by atoms with Crippen LogP contribution >= 0.6 is 11.6 Å². The largest absolute Gasteiger partial charge is 0.435 e. The smallest absolute Gasteiger partial charge is 0.349 e. The van der Waals surface area contributed by atoms with Crippen LogP contribution in [0.1, 0.15) is 27.8 Å². The fourth-order valence-corrected chi connectivity index (χ4v) is 3.30. The molecule has 1 aromatic heterocycles. The average Bonchev–Trinajstić information content (AvgIpc) is 3.15. The Bertz CT molecular complexity index is 1070. The zero-order valence-electron chi connectivity index (χ0n) is 16.5. The van der Waals surface area contributed by atoms with Gasteiger partial charge in [-0.05, 0) is 50.0 Å². The molecule has 164 valence electrons. The molecule has 1 heterocycles. The first-order valence-electron chi connectivity index (χ1n) is 9.07. The minimum atomic E-state index is -4.92. The Kier molecular flexibility index (Phi) is 6.61. The Balaban J connectivity index is 1.89. The van der Waals surface area contributed by atoms with E-state index in [-0.39, 0.29) is 18.3 Å². The molecule has 3 rings (SSSR count). The molecule has 0 aliphatic rings. The van der Waals surface area contributed by atoms with Gasteiger partial charge in [-0.25, -0.2) is 9.07 Å². The Hall–Kier alpha value is -2.98. The summed E-state index contributed by atoms with van der Waals surface area (Å²) in [6, 6.07) is 10.8. The molecule has 2 aromatic carbocycles. The first-order chi connectivity index (χ1) is 14.6. The standard InChI is InChI=1S/C20H18ClF4N5O/c1-29(2)16(14-5-3-4-6-15(14)21)11-26-19(31)17-18(20(23,24)25)30(28-27-17)13-9-7-12(22)8-10-13/h3-10,16H,11H2,1-2H3,(H,26,31). The van der Waals surface area contributed by atoms with Crippen LogP contribution in [-0.4, -0.2) is 46.4 Å². The van der Waals surface area contributed by atoms with E-state index in [2.05, 4.69) is 15.6 Å². The molecule has 0 bridgehead atoms. The third-order valence-corrected chi connectivity index (χ3v) is 4.91. The number of benzene rings is 2. The molecule has 0 saturated heterocycles. The van der Waals surface area contributed by atoms with Gasteiger partial charge in [0.15, 0.2) is 11.4 Å². The van der Waals surface area contributed by atoms with Crippen molar-refractivity contribution < 1.29 is 22.4 Å². The summed E-state index contributed by atoms with van der Waals surface area (Å²) in [7, 11) is 3.51. The van der Waals surface area contributed by atoms with Gasteiger partial charge in [0.1, 0.15) is 5.82 Å². The van der Waals surface area contributed by atoms with E-state index in [0.717, 1.165) is 24.3 Å². The third kappa shape index (κ3) is 5.02. The molecule has 0 aliphatic carbocycles. The monoisotopic (exact) mass is 455 g/mol. The van der Waals surface area contributed by atoms with Crippen molar-refractivity contribution in [3.63, 3.8) is 0 Å². The summed E-state index contributed by atoms with van der Waals surface area (Å²) in [5.74, 6) is -1.66. The fraction of sp³-hybridized carbons (Fsp3) is 0.250. The Morgan fingerprint density at radius 3 is 2.39 bits per heavy atom. The predicted octanol–water partition coefficient (Wildman–Crippen LogP) is 4.11. The summed E-state index contributed by atoms with van der Waals surface area (Å²) < 4.78 is 54.8. The molecule has 6 nitrogen and oxygen atoms in total. The maximum Gasteiger partial charge on any atom is 0.435 e. The van der Waals surface area contributed by atoms with Crippen LogP contribution in [0.3, 0.4) is 0 Å². The maximum absolute atomic E-state index is 13.7. The molecule has 1 N–H and O–H groups in total. The summed E-state index contributed by atoms with van der Waals surface area (Å²) in [6.07, 6.45) is -4.92. The first-order valence-corrected chi connectivity index (χ1v) is 9.45. The highest BCUT2D eigenvalue weighted by Crippen LogP contribution is 2.33. The van der Waals surface area contributed by atoms with Crippen LogP contribution < -0.4 is 5.32 Å². The van der Waals surface area contributed by atoms with E-state index in [1.807, 2.05) is 0 Å². The van der Waals surface area contributed by atoms with E-state index in [1.54, 1.807) is 43.3 Å². The first kappa shape index (κ1) is 22.7. The van der Waals surface area contributed by atoms with E-state index >= 15 is 0 Å². The topological polar surface area (TPSA) is 63.1 Å². The summed E-state index contributed by atoms with van der Waals surface area (Å²) in [4.78, 5) is 14.4. The van der Waals surface area contributed by atoms with Crippen LogP contribution in [0.15, 0.2) is 48.5 Å². The Labute approximate surface area is 180 Å². The van der Waals surface area contributed by atoms with Gasteiger partial charge in [-0.3, -0.25) is 4.79 Å². The number of hydrogen-bond donors (Lipinski definition) is 1. The second-order valence-electron chi connectivity index (χ2n) is 6.88. The summed E-state index contributed by atoms with van der Waals surface area (Å²) in [5, 5.41) is 9.86. The fourth-order valence-electron chi connectivity index (χ4n) is 3.04. The van der Waals surface area contributed by atoms with Crippen LogP contribution in [0, 0.1) is 5.82 Å². The lowest BCUT2D eigenvalue weighted by Gasteiger charge is -2.25. The second kappa shape index (κ2) is 9.03. The van der Waals surface area contributed by atoms with Crippen molar-refractivity contribution in [2.24, 2.45) is 0 Å². The number of amides is 1. The lowest BCUT2D eigenvalue weighted by Crippen LogP contribution is -2.35. The van der Waals surface area contributed by atoms with Crippen LogP contribution in [0.2, 0.25) is 5.02 Å². The molecule has 1 amide bonds. The van der Waals surface area contributed by atoms with Crippen molar-refractivity contribution in [1.82, 2.24) is 25.2 Å². The Morgan fingerprint density at radius 1 is 1.16 bits per heavy atom. The van der Waals surface area contributed by atoms with Gasteiger partial charge in [0.05, 0.1) is 11.7 Å². The molecule has 0 fully saturated rings. The number of nitrogens with one attached hydrogen (secondary N) is 1. The second-order valence-corrected chi connectivity index (χ2v) is 7.29. The quantitative estimate of drug-likeness (QED) is 0.568. The van der Waals surface area contributed by atoms with E-state index in [1.165, 1.54) is 0 Å². The number of hydrogen-bond acceptors (Lipinski definition) is 4. The number of likely N-dealkylation sites (N-methyl/N-ethyl adjacent to an activating group) is 1. The number of aromatic nitrogens is 3. The lowest BCUT2D eigenvalue weighted by molar-refractivity contribution is -0.143. The Morgan fingerprint density at radius 2 is 1.81 bits per heavy atom.